The minimum atomic E-state index is 0. The van der Waals surface area contributed by atoms with E-state index in [1.165, 1.54) is 48.8 Å². The average Bonchev–Trinajstić information content (AvgIpc) is 2.55. The fourth-order valence-corrected chi connectivity index (χ4v) is 3.17. The summed E-state index contributed by atoms with van der Waals surface area (Å²) in [5.74, 6) is 1.03. The maximum atomic E-state index is 6.30. The van der Waals surface area contributed by atoms with Gasteiger partial charge in [-0.25, -0.2) is 0 Å². The topological polar surface area (TPSA) is 25.4 Å². The minimum absolute atomic E-state index is 0. The van der Waals surface area contributed by atoms with Crippen molar-refractivity contribution in [2.24, 2.45) is 0 Å². The van der Waals surface area contributed by atoms with Crippen LogP contribution in [0.3, 0.4) is 0 Å². The van der Waals surface area contributed by atoms with Crippen LogP contribution in [-0.4, -0.2) is 35.6 Å². The van der Waals surface area contributed by atoms with Gasteiger partial charge in [-0.3, -0.25) is 4.98 Å². The molecule has 3 nitrogen and oxygen atoms in total. The highest BCUT2D eigenvalue weighted by Gasteiger charge is 2.20. The summed E-state index contributed by atoms with van der Waals surface area (Å²) in [7, 11) is 0. The van der Waals surface area contributed by atoms with E-state index in [1.54, 1.807) is 0 Å². The Morgan fingerprint density at radius 1 is 1.22 bits per heavy atom. The normalized spacial score (nSPS) is 16.3. The number of hydrogen-bond acceptors (Lipinski definition) is 3. The molecule has 2 heterocycles. The molecule has 0 radical (unpaired) electrons. The van der Waals surface area contributed by atoms with Gasteiger partial charge in [-0.15, -0.1) is 12.4 Å². The standard InChI is InChI=1S/C19H26N2O.ClH/c1-3-4-9-21-10-6-18(7-11-21)22-19-13-16-5-8-20-14-17(16)12-15(19)2;/h5,8,12-14,18H,3-4,6-7,9-11H2,1-2H3;1H. The third-order valence-corrected chi connectivity index (χ3v) is 4.59. The molecular formula is C19H27ClN2O. The molecule has 4 heteroatoms. The molecule has 0 aliphatic carbocycles. The molecule has 1 saturated heterocycles. The molecule has 1 aliphatic heterocycles. The molecule has 0 atom stereocenters. The van der Waals surface area contributed by atoms with Crippen molar-refractivity contribution in [2.75, 3.05) is 19.6 Å². The number of likely N-dealkylation sites (tertiary alicyclic amines) is 1. The van der Waals surface area contributed by atoms with Gasteiger partial charge >= 0.3 is 0 Å². The lowest BCUT2D eigenvalue weighted by Gasteiger charge is -2.32. The van der Waals surface area contributed by atoms with Gasteiger partial charge in [0.05, 0.1) is 0 Å². The third kappa shape index (κ3) is 4.58. The summed E-state index contributed by atoms with van der Waals surface area (Å²) in [5, 5.41) is 2.39. The third-order valence-electron chi connectivity index (χ3n) is 4.59. The summed E-state index contributed by atoms with van der Waals surface area (Å²) in [6.45, 7) is 7.96. The van der Waals surface area contributed by atoms with Crippen molar-refractivity contribution >= 4 is 23.2 Å². The molecule has 0 bridgehead atoms. The molecule has 2 aromatic rings. The smallest absolute Gasteiger partial charge is 0.123 e. The van der Waals surface area contributed by atoms with Crippen LogP contribution in [-0.2, 0) is 0 Å². The van der Waals surface area contributed by atoms with Gasteiger partial charge in [-0.1, -0.05) is 13.3 Å². The molecule has 1 aromatic heterocycles. The van der Waals surface area contributed by atoms with E-state index in [4.69, 9.17) is 4.74 Å². The van der Waals surface area contributed by atoms with Gasteiger partial charge in [0.25, 0.3) is 0 Å². The Kier molecular flexibility index (Phi) is 6.67. The zero-order valence-corrected chi connectivity index (χ0v) is 14.9. The van der Waals surface area contributed by atoms with E-state index in [9.17, 15) is 0 Å². The summed E-state index contributed by atoms with van der Waals surface area (Å²) in [5.41, 5.74) is 1.20. The van der Waals surface area contributed by atoms with Crippen molar-refractivity contribution in [3.63, 3.8) is 0 Å². The van der Waals surface area contributed by atoms with Gasteiger partial charge in [0, 0.05) is 30.9 Å². The number of unbranched alkanes of at least 4 members (excludes halogenated alkanes) is 1. The van der Waals surface area contributed by atoms with Gasteiger partial charge in [0.15, 0.2) is 0 Å². The highest BCUT2D eigenvalue weighted by Crippen LogP contribution is 2.27. The summed E-state index contributed by atoms with van der Waals surface area (Å²) in [6, 6.07) is 6.39. The summed E-state index contributed by atoms with van der Waals surface area (Å²) in [4.78, 5) is 6.76. The van der Waals surface area contributed by atoms with Gasteiger partial charge in [0.1, 0.15) is 11.9 Å². The molecule has 0 amide bonds. The number of fused-ring (bicyclic) bond motifs is 1. The van der Waals surface area contributed by atoms with E-state index in [0.717, 1.165) is 18.6 Å². The Balaban J connectivity index is 0.00000192. The SMILES string of the molecule is CCCCN1CCC(Oc2cc3ccncc3cc2C)CC1.Cl. The van der Waals surface area contributed by atoms with Gasteiger partial charge in [0.2, 0.25) is 0 Å². The summed E-state index contributed by atoms with van der Waals surface area (Å²) < 4.78 is 6.30. The van der Waals surface area contributed by atoms with Crippen LogP contribution < -0.4 is 4.74 Å². The van der Waals surface area contributed by atoms with Crippen LogP contribution >= 0.6 is 12.4 Å². The lowest BCUT2D eigenvalue weighted by atomic mass is 10.1. The summed E-state index contributed by atoms with van der Waals surface area (Å²) >= 11 is 0. The van der Waals surface area contributed by atoms with E-state index < -0.39 is 0 Å². The molecule has 1 aliphatic rings. The monoisotopic (exact) mass is 334 g/mol. The van der Waals surface area contributed by atoms with Crippen molar-refractivity contribution in [3.05, 3.63) is 36.2 Å². The van der Waals surface area contributed by atoms with E-state index in [-0.39, 0.29) is 12.4 Å². The van der Waals surface area contributed by atoms with E-state index >= 15 is 0 Å². The van der Waals surface area contributed by atoms with Gasteiger partial charge in [-0.05, 0) is 61.9 Å². The number of rotatable bonds is 5. The van der Waals surface area contributed by atoms with Crippen molar-refractivity contribution in [2.45, 2.75) is 45.6 Å². The van der Waals surface area contributed by atoms with Crippen LogP contribution in [0, 0.1) is 6.92 Å². The number of halogens is 1. The number of ether oxygens (including phenoxy) is 1. The molecular weight excluding hydrogens is 308 g/mol. The van der Waals surface area contributed by atoms with Crippen LogP contribution in [0.2, 0.25) is 0 Å². The molecule has 0 N–H and O–H groups in total. The highest BCUT2D eigenvalue weighted by atomic mass is 35.5. The number of aryl methyl sites for hydroxylation is 1. The minimum Gasteiger partial charge on any atom is -0.490 e. The number of aromatic nitrogens is 1. The van der Waals surface area contributed by atoms with Crippen LogP contribution in [0.25, 0.3) is 10.8 Å². The summed E-state index contributed by atoms with van der Waals surface area (Å²) in [6.07, 6.45) is 8.97. The van der Waals surface area contributed by atoms with Crippen LogP contribution in [0.5, 0.6) is 5.75 Å². The molecule has 126 valence electrons. The second kappa shape index (κ2) is 8.51. The second-order valence-corrected chi connectivity index (χ2v) is 6.35. The van der Waals surface area contributed by atoms with Crippen molar-refractivity contribution in [1.82, 2.24) is 9.88 Å². The van der Waals surface area contributed by atoms with Gasteiger partial charge < -0.3 is 9.64 Å². The first kappa shape index (κ1) is 18.0. The Hall–Kier alpha value is -1.32. The van der Waals surface area contributed by atoms with Crippen LogP contribution in [0.15, 0.2) is 30.6 Å². The number of benzene rings is 1. The van der Waals surface area contributed by atoms with Crippen molar-refractivity contribution in [1.29, 1.82) is 0 Å². The predicted octanol–water partition coefficient (Wildman–Crippen LogP) is 4.61. The highest BCUT2D eigenvalue weighted by molar-refractivity contribution is 5.85. The van der Waals surface area contributed by atoms with Crippen molar-refractivity contribution in [3.8, 4) is 5.75 Å². The molecule has 23 heavy (non-hydrogen) atoms. The number of nitrogens with zero attached hydrogens (tertiary/aromatic N) is 2. The van der Waals surface area contributed by atoms with E-state index in [2.05, 4.69) is 41.9 Å². The maximum absolute atomic E-state index is 6.30. The number of hydrogen-bond donors (Lipinski definition) is 0. The molecule has 1 fully saturated rings. The number of piperidine rings is 1. The molecule has 0 saturated carbocycles. The first-order chi connectivity index (χ1) is 10.8. The molecule has 0 unspecified atom stereocenters. The first-order valence-electron chi connectivity index (χ1n) is 8.49. The number of pyridine rings is 1. The Labute approximate surface area is 145 Å². The fraction of sp³-hybridized carbons (Fsp3) is 0.526. The zero-order valence-electron chi connectivity index (χ0n) is 14.1. The van der Waals surface area contributed by atoms with Crippen LogP contribution in [0.1, 0.15) is 38.2 Å². The molecule has 1 aromatic carbocycles. The molecule has 0 spiro atoms. The largest absolute Gasteiger partial charge is 0.490 e. The quantitative estimate of drug-likeness (QED) is 0.798. The Bertz CT molecular complexity index is 624. The predicted molar refractivity (Wildman–Crippen MR) is 98.7 cm³/mol. The van der Waals surface area contributed by atoms with E-state index in [1.807, 2.05) is 12.4 Å². The lowest BCUT2D eigenvalue weighted by molar-refractivity contribution is 0.0994. The fourth-order valence-electron chi connectivity index (χ4n) is 3.17. The Morgan fingerprint density at radius 3 is 2.74 bits per heavy atom. The molecule has 3 rings (SSSR count). The first-order valence-corrected chi connectivity index (χ1v) is 8.49. The van der Waals surface area contributed by atoms with E-state index in [0.29, 0.717) is 6.10 Å². The second-order valence-electron chi connectivity index (χ2n) is 6.35. The van der Waals surface area contributed by atoms with Crippen LogP contribution in [0.4, 0.5) is 0 Å². The Morgan fingerprint density at radius 2 is 2.00 bits per heavy atom. The lowest BCUT2D eigenvalue weighted by Crippen LogP contribution is -2.38. The zero-order chi connectivity index (χ0) is 15.4. The maximum Gasteiger partial charge on any atom is 0.123 e. The van der Waals surface area contributed by atoms with Gasteiger partial charge in [-0.2, -0.15) is 0 Å². The van der Waals surface area contributed by atoms with Crippen molar-refractivity contribution < 1.29 is 4.74 Å². The average molecular weight is 335 g/mol.